The fourth-order valence-electron chi connectivity index (χ4n) is 5.51. The predicted molar refractivity (Wildman–Crippen MR) is 180 cm³/mol. The molecule has 5 rings (SSSR count). The van der Waals surface area contributed by atoms with Gasteiger partial charge in [0.15, 0.2) is 0 Å². The number of amides is 4. The third-order valence-electron chi connectivity index (χ3n) is 7.92. The smallest absolute Gasteiger partial charge is 0.287 e. The summed E-state index contributed by atoms with van der Waals surface area (Å²) < 4.78 is 4.94. The lowest BCUT2D eigenvalue weighted by molar-refractivity contribution is -0.384. The number of hydrogen-bond acceptors (Lipinski definition) is 7. The van der Waals surface area contributed by atoms with Gasteiger partial charge in [0.2, 0.25) is 0 Å². The Hall–Kier alpha value is -5.64. The van der Waals surface area contributed by atoms with Crippen molar-refractivity contribution in [2.45, 2.75) is 38.1 Å². The summed E-state index contributed by atoms with van der Waals surface area (Å²) in [5.41, 5.74) is 6.98. The number of aromatic nitrogens is 4. The molecule has 1 fully saturated rings. The summed E-state index contributed by atoms with van der Waals surface area (Å²) in [6.45, 7) is 1.41. The van der Waals surface area contributed by atoms with Crippen LogP contribution >= 0.6 is 0 Å². The highest BCUT2D eigenvalue weighted by molar-refractivity contribution is 6.07. The maximum atomic E-state index is 13.4. The minimum atomic E-state index is -0.556. The molecule has 0 bridgehead atoms. The largest absolute Gasteiger partial charge is 0.364 e. The Kier molecular flexibility index (Phi) is 11.6. The molecular weight excluding hydrogens is 620 g/mol. The average molecular weight is 663 g/mol. The van der Waals surface area contributed by atoms with Crippen molar-refractivity contribution in [1.29, 1.82) is 0 Å². The van der Waals surface area contributed by atoms with Crippen molar-refractivity contribution < 1.29 is 24.1 Å². The molecule has 0 aromatic carbocycles. The summed E-state index contributed by atoms with van der Waals surface area (Å²) in [7, 11) is 7.26. The quantitative estimate of drug-likeness (QED) is 0.0866. The van der Waals surface area contributed by atoms with Crippen LogP contribution in [0.4, 0.5) is 17.1 Å². The lowest BCUT2D eigenvalue weighted by atomic mass is 10.2. The Balaban J connectivity index is 0.000000569. The van der Waals surface area contributed by atoms with Gasteiger partial charge in [-0.15, -0.1) is 0 Å². The third kappa shape index (κ3) is 9.00. The number of anilines is 2. The molecule has 0 aliphatic heterocycles. The van der Waals surface area contributed by atoms with Crippen LogP contribution in [0.1, 0.15) is 80.1 Å². The molecular formula is C32H42N10O6. The highest BCUT2D eigenvalue weighted by Crippen LogP contribution is 2.33. The molecule has 1 aliphatic carbocycles. The lowest BCUT2D eigenvalue weighted by Crippen LogP contribution is -2.28. The van der Waals surface area contributed by atoms with Crippen LogP contribution in [0.5, 0.6) is 0 Å². The average Bonchev–Trinajstić information content (AvgIpc) is 3.85. The van der Waals surface area contributed by atoms with Crippen molar-refractivity contribution in [3.63, 3.8) is 0 Å². The number of aromatic amines is 1. The predicted octanol–water partition coefficient (Wildman–Crippen LogP) is 3.49. The van der Waals surface area contributed by atoms with E-state index in [2.05, 4.69) is 20.9 Å². The number of nitrogens with zero attached hydrogens (tertiary/aromatic N) is 5. The Morgan fingerprint density at radius 2 is 1.54 bits per heavy atom. The first-order chi connectivity index (χ1) is 22.8. The fraction of sp³-hybridized carbons (Fsp3) is 0.375. The summed E-state index contributed by atoms with van der Waals surface area (Å²) in [6, 6.07) is 7.91. The van der Waals surface area contributed by atoms with Crippen LogP contribution in [0.3, 0.4) is 0 Å². The van der Waals surface area contributed by atoms with Gasteiger partial charge in [0.25, 0.3) is 29.3 Å². The van der Waals surface area contributed by atoms with Gasteiger partial charge in [-0.3, -0.25) is 29.3 Å². The number of carbonyl (C=O) groups is 4. The lowest BCUT2D eigenvalue weighted by Gasteiger charge is -2.15. The fourth-order valence-corrected chi connectivity index (χ4v) is 5.51. The number of carbonyl (C=O) groups excluding carboxylic acids is 4. The number of nitrogens with two attached hydrogens (primary N) is 1. The standard InChI is InChI=1S/C27H36N8O5.C5H6N2O/c1-31(2)11-7-10-28-25(36)22-12-18(15-32(22)3)29-27(38)24-13-19(16-34(24)20-8-5-6-9-20)30-26(37)23-14-21(35(39)40)17-33(23)4;6-5(8)4-2-1-3-7-4/h12-17,20H,5-11H2,1-4H3,(H,28,36)(H,29,38)(H,30,37);1-3,7H,(H2,6,8). The molecule has 4 amide bonds. The van der Waals surface area contributed by atoms with Crippen molar-refractivity contribution in [2.24, 2.45) is 19.8 Å². The maximum Gasteiger partial charge on any atom is 0.287 e. The van der Waals surface area contributed by atoms with Gasteiger partial charge in [-0.05, 0) is 64.2 Å². The molecule has 4 heterocycles. The molecule has 0 unspecified atom stereocenters. The van der Waals surface area contributed by atoms with E-state index >= 15 is 0 Å². The van der Waals surface area contributed by atoms with Gasteiger partial charge >= 0.3 is 0 Å². The topological polar surface area (TPSA) is 207 Å². The first kappa shape index (κ1) is 35.2. The van der Waals surface area contributed by atoms with E-state index in [1.165, 1.54) is 16.8 Å². The zero-order chi connectivity index (χ0) is 35.0. The van der Waals surface area contributed by atoms with Crippen LogP contribution in [0, 0.1) is 10.1 Å². The minimum Gasteiger partial charge on any atom is -0.364 e. The van der Waals surface area contributed by atoms with Crippen LogP contribution in [-0.2, 0) is 14.1 Å². The van der Waals surface area contributed by atoms with E-state index in [9.17, 15) is 29.3 Å². The van der Waals surface area contributed by atoms with E-state index in [1.54, 1.807) is 61.5 Å². The number of nitrogens with one attached hydrogen (secondary N) is 4. The van der Waals surface area contributed by atoms with Gasteiger partial charge in [0.05, 0.1) is 22.5 Å². The van der Waals surface area contributed by atoms with Crippen molar-refractivity contribution in [3.8, 4) is 0 Å². The Bertz CT molecular complexity index is 1760. The van der Waals surface area contributed by atoms with E-state index < -0.39 is 16.7 Å². The first-order valence-corrected chi connectivity index (χ1v) is 15.5. The van der Waals surface area contributed by atoms with E-state index in [-0.39, 0.29) is 29.2 Å². The summed E-state index contributed by atoms with van der Waals surface area (Å²) in [5, 5.41) is 19.7. The number of rotatable bonds is 12. The summed E-state index contributed by atoms with van der Waals surface area (Å²) in [6.07, 6.45) is 11.1. The van der Waals surface area contributed by atoms with Crippen LogP contribution in [-0.4, -0.2) is 79.3 Å². The van der Waals surface area contributed by atoms with Gasteiger partial charge in [-0.2, -0.15) is 0 Å². The molecule has 4 aromatic rings. The molecule has 4 aromatic heterocycles. The number of H-pyrrole nitrogens is 1. The first-order valence-electron chi connectivity index (χ1n) is 15.5. The third-order valence-corrected chi connectivity index (χ3v) is 7.92. The maximum absolute atomic E-state index is 13.4. The highest BCUT2D eigenvalue weighted by Gasteiger charge is 2.25. The highest BCUT2D eigenvalue weighted by atomic mass is 16.6. The molecule has 48 heavy (non-hydrogen) atoms. The molecule has 1 aliphatic rings. The second-order valence-electron chi connectivity index (χ2n) is 11.9. The van der Waals surface area contributed by atoms with Gasteiger partial charge < -0.3 is 45.3 Å². The molecule has 1 saturated carbocycles. The zero-order valence-electron chi connectivity index (χ0n) is 27.5. The number of hydrogen-bond donors (Lipinski definition) is 5. The van der Waals surface area contributed by atoms with E-state index in [0.29, 0.717) is 35.0 Å². The minimum absolute atomic E-state index is 0.113. The van der Waals surface area contributed by atoms with Crippen molar-refractivity contribution in [3.05, 3.63) is 88.0 Å². The van der Waals surface area contributed by atoms with E-state index in [4.69, 9.17) is 5.73 Å². The van der Waals surface area contributed by atoms with Crippen LogP contribution < -0.4 is 21.7 Å². The van der Waals surface area contributed by atoms with Gasteiger partial charge in [0.1, 0.15) is 22.8 Å². The van der Waals surface area contributed by atoms with E-state index in [1.807, 2.05) is 23.6 Å². The second-order valence-corrected chi connectivity index (χ2v) is 11.9. The van der Waals surface area contributed by atoms with Gasteiger partial charge in [-0.1, -0.05) is 12.8 Å². The van der Waals surface area contributed by atoms with Crippen LogP contribution in [0.2, 0.25) is 0 Å². The molecule has 0 atom stereocenters. The second kappa shape index (κ2) is 15.8. The van der Waals surface area contributed by atoms with E-state index in [0.717, 1.165) is 38.6 Å². The monoisotopic (exact) mass is 662 g/mol. The summed E-state index contributed by atoms with van der Waals surface area (Å²) in [4.78, 5) is 64.5. The SMILES string of the molecule is CN(C)CCCNC(=O)c1cc(NC(=O)c2cc(NC(=O)c3cc([N+](=O)[O-])cn3C)cn2C2CCCC2)cn1C.NC(=O)c1ccc[nH]1. The van der Waals surface area contributed by atoms with Crippen molar-refractivity contribution in [2.75, 3.05) is 37.8 Å². The summed E-state index contributed by atoms with van der Waals surface area (Å²) >= 11 is 0. The molecule has 0 saturated heterocycles. The van der Waals surface area contributed by atoms with Gasteiger partial charge in [0, 0.05) is 51.3 Å². The Morgan fingerprint density at radius 1 is 0.938 bits per heavy atom. The summed E-state index contributed by atoms with van der Waals surface area (Å²) in [5.74, 6) is -1.53. The molecule has 0 radical (unpaired) electrons. The number of aryl methyl sites for hydroxylation is 2. The molecule has 256 valence electrons. The number of primary amides is 1. The van der Waals surface area contributed by atoms with Crippen LogP contribution in [0.15, 0.2) is 55.1 Å². The van der Waals surface area contributed by atoms with Gasteiger partial charge in [-0.25, -0.2) is 0 Å². The van der Waals surface area contributed by atoms with Crippen molar-refractivity contribution >= 4 is 40.7 Å². The Labute approximate surface area is 277 Å². The molecule has 6 N–H and O–H groups in total. The van der Waals surface area contributed by atoms with Crippen LogP contribution in [0.25, 0.3) is 0 Å². The van der Waals surface area contributed by atoms with Crippen molar-refractivity contribution in [1.82, 2.24) is 28.9 Å². The molecule has 16 heteroatoms. The Morgan fingerprint density at radius 3 is 2.10 bits per heavy atom. The normalized spacial score (nSPS) is 12.8. The zero-order valence-corrected chi connectivity index (χ0v) is 27.5. The number of nitro groups is 1. The molecule has 0 spiro atoms. The molecule has 16 nitrogen and oxygen atoms in total.